The third-order valence-corrected chi connectivity index (χ3v) is 2.62. The molecule has 0 heterocycles. The normalized spacial score (nSPS) is 14.5. The van der Waals surface area contributed by atoms with Gasteiger partial charge in [-0.15, -0.1) is 0 Å². The summed E-state index contributed by atoms with van der Waals surface area (Å²) in [4.78, 5) is 21.9. The Bertz CT molecular complexity index is 196. The average molecular weight is 252 g/mol. The topological polar surface area (TPSA) is 55.4 Å². The van der Waals surface area contributed by atoms with Gasteiger partial charge in [0, 0.05) is 0 Å². The van der Waals surface area contributed by atoms with Crippen molar-refractivity contribution in [1.82, 2.24) is 5.32 Å². The van der Waals surface area contributed by atoms with Crippen LogP contribution in [0, 0.1) is 0 Å². The van der Waals surface area contributed by atoms with Crippen LogP contribution in [0.2, 0.25) is 0 Å². The number of hydrogen-bond donors (Lipinski definition) is 1. The van der Waals surface area contributed by atoms with Crippen LogP contribution in [0.1, 0.15) is 20.3 Å². The van der Waals surface area contributed by atoms with E-state index in [-0.39, 0.29) is 10.7 Å². The molecule has 1 N–H and O–H groups in total. The minimum atomic E-state index is -0.593. The van der Waals surface area contributed by atoms with Gasteiger partial charge in [0.2, 0.25) is 5.91 Å². The van der Waals surface area contributed by atoms with Crippen LogP contribution in [0.3, 0.4) is 0 Å². The van der Waals surface area contributed by atoms with Gasteiger partial charge in [-0.3, -0.25) is 4.79 Å². The van der Waals surface area contributed by atoms with E-state index in [0.29, 0.717) is 6.42 Å². The van der Waals surface area contributed by atoms with Crippen LogP contribution in [0.5, 0.6) is 0 Å². The number of carbonyl (C=O) groups is 2. The molecule has 0 spiro atoms. The number of methoxy groups -OCH3 is 1. The SMILES string of the molecule is CC[C@H](Br)C(=O)N[C@@H](C)C(=O)OC. The highest BCUT2D eigenvalue weighted by molar-refractivity contribution is 9.10. The molecule has 2 atom stereocenters. The van der Waals surface area contributed by atoms with Crippen molar-refractivity contribution in [3.8, 4) is 0 Å². The largest absolute Gasteiger partial charge is 0.467 e. The summed E-state index contributed by atoms with van der Waals surface area (Å²) >= 11 is 3.18. The van der Waals surface area contributed by atoms with Crippen molar-refractivity contribution in [2.75, 3.05) is 7.11 Å². The van der Waals surface area contributed by atoms with E-state index in [2.05, 4.69) is 26.0 Å². The maximum Gasteiger partial charge on any atom is 0.328 e. The first-order valence-corrected chi connectivity index (χ1v) is 4.96. The predicted octanol–water partition coefficient (Wildman–Crippen LogP) is 0.838. The molecule has 0 fully saturated rings. The van der Waals surface area contributed by atoms with Gasteiger partial charge in [-0.05, 0) is 13.3 Å². The van der Waals surface area contributed by atoms with Crippen LogP contribution in [0.15, 0.2) is 0 Å². The zero-order valence-electron chi connectivity index (χ0n) is 7.96. The summed E-state index contributed by atoms with van der Waals surface area (Å²) in [7, 11) is 1.29. The Hall–Kier alpha value is -0.580. The number of halogens is 1. The smallest absolute Gasteiger partial charge is 0.328 e. The molecular weight excluding hydrogens is 238 g/mol. The molecule has 0 unspecified atom stereocenters. The fourth-order valence-electron chi connectivity index (χ4n) is 0.725. The number of hydrogen-bond acceptors (Lipinski definition) is 3. The number of rotatable bonds is 4. The lowest BCUT2D eigenvalue weighted by Gasteiger charge is -2.13. The summed E-state index contributed by atoms with van der Waals surface area (Å²) in [6.07, 6.45) is 0.680. The van der Waals surface area contributed by atoms with E-state index in [0.717, 1.165) is 0 Å². The monoisotopic (exact) mass is 251 g/mol. The van der Waals surface area contributed by atoms with Crippen LogP contribution in [-0.4, -0.2) is 29.9 Å². The van der Waals surface area contributed by atoms with Gasteiger partial charge in [0.15, 0.2) is 0 Å². The molecule has 0 bridgehead atoms. The predicted molar refractivity (Wildman–Crippen MR) is 52.6 cm³/mol. The Morgan fingerprint density at radius 3 is 2.46 bits per heavy atom. The van der Waals surface area contributed by atoms with Gasteiger partial charge in [-0.1, -0.05) is 22.9 Å². The van der Waals surface area contributed by atoms with E-state index in [4.69, 9.17) is 0 Å². The molecule has 0 radical (unpaired) electrons. The molecule has 0 aromatic rings. The van der Waals surface area contributed by atoms with E-state index < -0.39 is 12.0 Å². The van der Waals surface area contributed by atoms with Crippen molar-refractivity contribution in [1.29, 1.82) is 0 Å². The van der Waals surface area contributed by atoms with Crippen molar-refractivity contribution in [2.45, 2.75) is 31.1 Å². The Morgan fingerprint density at radius 2 is 2.08 bits per heavy atom. The molecule has 0 aliphatic rings. The van der Waals surface area contributed by atoms with Crippen molar-refractivity contribution < 1.29 is 14.3 Å². The summed E-state index contributed by atoms with van der Waals surface area (Å²) in [6, 6.07) is -0.593. The van der Waals surface area contributed by atoms with Crippen molar-refractivity contribution in [3.05, 3.63) is 0 Å². The first-order chi connectivity index (χ1) is 6.02. The lowest BCUT2D eigenvalue weighted by molar-refractivity contribution is -0.144. The average Bonchev–Trinajstić information content (AvgIpc) is 2.14. The molecule has 0 aromatic carbocycles. The number of alkyl halides is 1. The van der Waals surface area contributed by atoms with Gasteiger partial charge >= 0.3 is 5.97 Å². The molecule has 5 heteroatoms. The third kappa shape index (κ3) is 4.26. The van der Waals surface area contributed by atoms with E-state index in [1.165, 1.54) is 7.11 Å². The number of carbonyl (C=O) groups excluding carboxylic acids is 2. The van der Waals surface area contributed by atoms with Crippen LogP contribution < -0.4 is 5.32 Å². The minimum Gasteiger partial charge on any atom is -0.467 e. The Kier molecular flexibility index (Phi) is 5.70. The number of ether oxygens (including phenoxy) is 1. The maximum atomic E-state index is 11.2. The van der Waals surface area contributed by atoms with Crippen molar-refractivity contribution in [2.24, 2.45) is 0 Å². The summed E-state index contributed by atoms with van der Waals surface area (Å²) < 4.78 is 4.46. The zero-order valence-corrected chi connectivity index (χ0v) is 9.55. The van der Waals surface area contributed by atoms with E-state index >= 15 is 0 Å². The van der Waals surface area contributed by atoms with Crippen LogP contribution >= 0.6 is 15.9 Å². The standard InChI is InChI=1S/C8H14BrNO3/c1-4-6(9)7(11)10-5(2)8(12)13-3/h5-6H,4H2,1-3H3,(H,10,11)/t5-,6-/m0/s1. The molecule has 13 heavy (non-hydrogen) atoms. The number of amides is 1. The molecule has 0 rings (SSSR count). The van der Waals surface area contributed by atoms with Gasteiger partial charge in [0.25, 0.3) is 0 Å². The first-order valence-electron chi connectivity index (χ1n) is 4.05. The first kappa shape index (κ1) is 12.4. The van der Waals surface area contributed by atoms with Gasteiger partial charge in [-0.2, -0.15) is 0 Å². The van der Waals surface area contributed by atoms with E-state index in [1.807, 2.05) is 6.92 Å². The fourth-order valence-corrected chi connectivity index (χ4v) is 0.857. The van der Waals surface area contributed by atoms with Crippen LogP contribution in [-0.2, 0) is 14.3 Å². The molecule has 0 saturated carbocycles. The summed E-state index contributed by atoms with van der Waals surface area (Å²) in [5.74, 6) is -0.635. The van der Waals surface area contributed by atoms with Crippen LogP contribution in [0.4, 0.5) is 0 Å². The zero-order chi connectivity index (χ0) is 10.4. The second kappa shape index (κ2) is 5.96. The molecule has 0 aliphatic heterocycles. The lowest BCUT2D eigenvalue weighted by Crippen LogP contribution is -2.42. The second-order valence-corrected chi connectivity index (χ2v) is 3.73. The Labute approximate surface area is 86.1 Å². The molecule has 0 aromatic heterocycles. The Morgan fingerprint density at radius 1 is 1.54 bits per heavy atom. The van der Waals surface area contributed by atoms with Gasteiger partial charge in [0.05, 0.1) is 11.9 Å². The quantitative estimate of drug-likeness (QED) is 0.595. The van der Waals surface area contributed by atoms with Gasteiger partial charge < -0.3 is 10.1 Å². The fraction of sp³-hybridized carbons (Fsp3) is 0.750. The molecular formula is C8H14BrNO3. The number of esters is 1. The highest BCUT2D eigenvalue weighted by atomic mass is 79.9. The molecule has 1 amide bonds. The summed E-state index contributed by atoms with van der Waals surface area (Å²) in [6.45, 7) is 3.46. The van der Waals surface area contributed by atoms with Gasteiger partial charge in [0.1, 0.15) is 6.04 Å². The van der Waals surface area contributed by atoms with Crippen molar-refractivity contribution >= 4 is 27.8 Å². The lowest BCUT2D eigenvalue weighted by atomic mass is 10.3. The molecule has 76 valence electrons. The van der Waals surface area contributed by atoms with Gasteiger partial charge in [-0.25, -0.2) is 4.79 Å². The highest BCUT2D eigenvalue weighted by Crippen LogP contribution is 2.04. The molecule has 4 nitrogen and oxygen atoms in total. The van der Waals surface area contributed by atoms with E-state index in [1.54, 1.807) is 6.92 Å². The highest BCUT2D eigenvalue weighted by Gasteiger charge is 2.19. The van der Waals surface area contributed by atoms with Crippen LogP contribution in [0.25, 0.3) is 0 Å². The van der Waals surface area contributed by atoms with Crippen molar-refractivity contribution in [3.63, 3.8) is 0 Å². The van der Waals surface area contributed by atoms with E-state index in [9.17, 15) is 9.59 Å². The summed E-state index contributed by atoms with van der Waals surface area (Å²) in [5.41, 5.74) is 0. The molecule has 0 aliphatic carbocycles. The number of nitrogens with one attached hydrogen (secondary N) is 1. The second-order valence-electron chi connectivity index (χ2n) is 2.63. The maximum absolute atomic E-state index is 11.2. The minimum absolute atomic E-state index is 0.194. The summed E-state index contributed by atoms with van der Waals surface area (Å²) in [5, 5.41) is 2.52. The Balaban J connectivity index is 3.98. The third-order valence-electron chi connectivity index (χ3n) is 1.56. The molecule has 0 saturated heterocycles.